The Morgan fingerprint density at radius 2 is 1.67 bits per heavy atom. The first-order valence-corrected chi connectivity index (χ1v) is 20.3. The van der Waals surface area contributed by atoms with E-state index in [9.17, 15) is 24.3 Å². The predicted octanol–water partition coefficient (Wildman–Crippen LogP) is 6.96. The number of nitrogens with zero attached hydrogens (tertiary/aromatic N) is 4. The van der Waals surface area contributed by atoms with Crippen molar-refractivity contribution in [1.29, 1.82) is 0 Å². The molecule has 6 bridgehead atoms. The Morgan fingerprint density at radius 1 is 0.967 bits per heavy atom. The number of oxazole rings is 3. The molecule has 1 aliphatic rings. The summed E-state index contributed by atoms with van der Waals surface area (Å²) in [6, 6.07) is 0. The second-order valence-electron chi connectivity index (χ2n) is 15.5. The number of carbonyl (C=O) groups excluding carboxylic acids is 4. The third-order valence-electron chi connectivity index (χ3n) is 11.0. The van der Waals surface area contributed by atoms with Crippen LogP contribution >= 0.6 is 0 Å². The highest BCUT2D eigenvalue weighted by molar-refractivity contribution is 5.92. The van der Waals surface area contributed by atoms with E-state index < -0.39 is 30.2 Å². The number of fused-ring (bicyclic) bond motifs is 8. The van der Waals surface area contributed by atoms with Gasteiger partial charge < -0.3 is 42.2 Å². The zero-order chi connectivity index (χ0) is 43.8. The number of cyclic esters (lactones) is 1. The molecule has 0 fully saturated rings. The third kappa shape index (κ3) is 13.8. The van der Waals surface area contributed by atoms with Gasteiger partial charge in [0.1, 0.15) is 42.5 Å². The maximum Gasteiger partial charge on any atom is 0.308 e. The van der Waals surface area contributed by atoms with Gasteiger partial charge in [0.05, 0.1) is 30.7 Å². The Bertz CT molecular complexity index is 1910. The number of carbonyl (C=O) groups is 4. The summed E-state index contributed by atoms with van der Waals surface area (Å²) < 4.78 is 40.2. The first-order valence-electron chi connectivity index (χ1n) is 20.3. The molecule has 0 saturated heterocycles. The SMILES string of the molecule is CO[C@@H](C[C@@H]1OC(=O)C[C@H](O)CC=CC(=O)[C@@H](C)[C@@H](OC)c2coc(n2)-c2coc(n2)-c2coc(n2)C=CCC[C@H]1C)[C@@H](C)CCC(=O)[C@H](C)[C@@H](CC=CN(C)C=O)OC. The minimum atomic E-state index is -1.10. The average Bonchev–Trinajstić information content (AvgIpc) is 4.03. The number of rotatable bonds is 15. The summed E-state index contributed by atoms with van der Waals surface area (Å²) in [7, 11) is 6.27. The summed E-state index contributed by atoms with van der Waals surface area (Å²) in [6.45, 7) is 7.54. The van der Waals surface area contributed by atoms with Crippen LogP contribution in [0.4, 0.5) is 0 Å². The lowest BCUT2D eigenvalue weighted by molar-refractivity contribution is -0.156. The van der Waals surface area contributed by atoms with E-state index in [-0.39, 0.29) is 66.2 Å². The summed E-state index contributed by atoms with van der Waals surface area (Å²) in [5.41, 5.74) is 1.07. The average molecular weight is 837 g/mol. The highest BCUT2D eigenvalue weighted by atomic mass is 16.5. The lowest BCUT2D eigenvalue weighted by atomic mass is 9.86. The van der Waals surface area contributed by atoms with Gasteiger partial charge in [-0.2, -0.15) is 0 Å². The Kier molecular flexibility index (Phi) is 18.8. The Labute approximate surface area is 351 Å². The first kappa shape index (κ1) is 47.6. The van der Waals surface area contributed by atoms with Gasteiger partial charge in [-0.05, 0) is 56.1 Å². The number of ketones is 2. The monoisotopic (exact) mass is 836 g/mol. The van der Waals surface area contributed by atoms with Crippen LogP contribution < -0.4 is 0 Å². The van der Waals surface area contributed by atoms with Crippen LogP contribution in [-0.4, -0.2) is 102 Å². The smallest absolute Gasteiger partial charge is 0.308 e. The predicted molar refractivity (Wildman–Crippen MR) is 219 cm³/mol. The zero-order valence-corrected chi connectivity index (χ0v) is 35.9. The van der Waals surface area contributed by atoms with Gasteiger partial charge in [-0.3, -0.25) is 19.2 Å². The summed E-state index contributed by atoms with van der Waals surface area (Å²) >= 11 is 0. The van der Waals surface area contributed by atoms with Gasteiger partial charge in [-0.25, -0.2) is 15.0 Å². The highest BCUT2D eigenvalue weighted by Crippen LogP contribution is 2.31. The second kappa shape index (κ2) is 23.7. The normalized spacial score (nSPS) is 23.0. The number of methoxy groups -OCH3 is 3. The number of amides is 1. The minimum Gasteiger partial charge on any atom is -0.462 e. The van der Waals surface area contributed by atoms with Gasteiger partial charge in [0.15, 0.2) is 17.2 Å². The first-order chi connectivity index (χ1) is 28.8. The van der Waals surface area contributed by atoms with Crippen molar-refractivity contribution in [3.63, 3.8) is 0 Å². The Balaban J connectivity index is 1.48. The van der Waals surface area contributed by atoms with Gasteiger partial charge in [0.25, 0.3) is 0 Å². The molecule has 16 heteroatoms. The molecule has 0 aliphatic carbocycles. The van der Waals surface area contributed by atoms with E-state index in [1.54, 1.807) is 46.5 Å². The van der Waals surface area contributed by atoms with Crippen molar-refractivity contribution in [2.75, 3.05) is 28.4 Å². The molecule has 4 heterocycles. The van der Waals surface area contributed by atoms with E-state index in [0.29, 0.717) is 67.9 Å². The van der Waals surface area contributed by atoms with Crippen LogP contribution in [0, 0.1) is 23.7 Å². The van der Waals surface area contributed by atoms with Gasteiger partial charge in [-0.1, -0.05) is 45.9 Å². The molecule has 1 N–H and O–H groups in total. The standard InChI is InChI=1S/C44H60N4O12/c1-27-13-9-10-17-40-45-33(24-57-40)43-47-34(25-59-43)44-46-32(23-58-44)42(56-8)30(4)35(51)15-11-14-31(50)21-41(53)60-39(27)22-38(55-7)28(2)18-19-36(52)29(3)37(54-6)16-12-20-48(5)26-49/h10-12,15,17,20,23-31,37-39,42,50H,9,13-14,16,18-19,21-22H2,1-8H3/t27-,28+,29+,30-,31-,37-,38+,39+,42-/m1/s1. The number of esters is 1. The molecule has 9 atom stereocenters. The number of ether oxygens (including phenoxy) is 4. The molecule has 0 saturated carbocycles. The van der Waals surface area contributed by atoms with Crippen molar-refractivity contribution < 1.29 is 56.5 Å². The molecule has 4 rings (SSSR count). The van der Waals surface area contributed by atoms with Crippen LogP contribution in [0.2, 0.25) is 0 Å². The maximum atomic E-state index is 13.3. The molecule has 16 nitrogen and oxygen atoms in total. The maximum absolute atomic E-state index is 13.3. The number of hydrogen-bond donors (Lipinski definition) is 1. The summed E-state index contributed by atoms with van der Waals surface area (Å²) in [5, 5.41) is 10.8. The number of allylic oxidation sites excluding steroid dienone is 2. The number of hydrogen-bond acceptors (Lipinski definition) is 15. The lowest BCUT2D eigenvalue weighted by Gasteiger charge is -2.31. The fourth-order valence-electron chi connectivity index (χ4n) is 7.01. The van der Waals surface area contributed by atoms with Crippen LogP contribution in [0.25, 0.3) is 29.2 Å². The minimum absolute atomic E-state index is 0.0431. The third-order valence-corrected chi connectivity index (χ3v) is 11.0. The van der Waals surface area contributed by atoms with Gasteiger partial charge in [0, 0.05) is 53.3 Å². The Morgan fingerprint density at radius 3 is 2.38 bits per heavy atom. The zero-order valence-electron chi connectivity index (χ0n) is 35.9. The molecule has 1 aliphatic heterocycles. The molecule has 60 heavy (non-hydrogen) atoms. The van der Waals surface area contributed by atoms with Crippen LogP contribution in [0.3, 0.4) is 0 Å². The van der Waals surface area contributed by atoms with Crippen molar-refractivity contribution in [3.05, 3.63) is 60.9 Å². The molecular weight excluding hydrogens is 776 g/mol. The van der Waals surface area contributed by atoms with Crippen molar-refractivity contribution in [2.45, 2.75) is 110 Å². The van der Waals surface area contributed by atoms with Crippen molar-refractivity contribution >= 4 is 30.0 Å². The summed E-state index contributed by atoms with van der Waals surface area (Å²) in [4.78, 5) is 65.5. The molecule has 3 aromatic heterocycles. The molecule has 0 unspecified atom stereocenters. The Hall–Kier alpha value is -5.03. The number of aliphatic hydroxyl groups is 1. The van der Waals surface area contributed by atoms with Crippen LogP contribution in [0.5, 0.6) is 0 Å². The van der Waals surface area contributed by atoms with Crippen molar-refractivity contribution in [1.82, 2.24) is 19.9 Å². The lowest BCUT2D eigenvalue weighted by Crippen LogP contribution is -2.34. The topological polar surface area (TPSA) is 207 Å². The fraction of sp³-hybridized carbons (Fsp3) is 0.568. The number of aromatic nitrogens is 3. The van der Waals surface area contributed by atoms with Gasteiger partial charge in [0.2, 0.25) is 24.1 Å². The van der Waals surface area contributed by atoms with Gasteiger partial charge >= 0.3 is 5.97 Å². The van der Waals surface area contributed by atoms with Gasteiger partial charge in [-0.15, -0.1) is 0 Å². The second-order valence-corrected chi connectivity index (χ2v) is 15.5. The van der Waals surface area contributed by atoms with E-state index in [0.717, 1.165) is 0 Å². The van der Waals surface area contributed by atoms with E-state index >= 15 is 0 Å². The number of aliphatic hydroxyl groups excluding tert-OH is 1. The van der Waals surface area contributed by atoms with Crippen molar-refractivity contribution in [2.24, 2.45) is 23.7 Å². The van der Waals surface area contributed by atoms with Crippen LogP contribution in [-0.2, 0) is 38.1 Å². The molecule has 3 aromatic rings. The fourth-order valence-corrected chi connectivity index (χ4v) is 7.01. The van der Waals surface area contributed by atoms with Crippen molar-refractivity contribution in [3.8, 4) is 23.2 Å². The largest absolute Gasteiger partial charge is 0.462 e. The van der Waals surface area contributed by atoms with E-state index in [1.807, 2.05) is 26.8 Å². The van der Waals surface area contributed by atoms with Crippen LogP contribution in [0.15, 0.2) is 62.5 Å². The summed E-state index contributed by atoms with van der Waals surface area (Å²) in [5.74, 6) is -1.32. The van der Waals surface area contributed by atoms with E-state index in [2.05, 4.69) is 15.0 Å². The molecular formula is C44H60N4O12. The molecule has 0 aromatic carbocycles. The van der Waals surface area contributed by atoms with Crippen LogP contribution in [0.1, 0.15) is 96.8 Å². The molecule has 0 radical (unpaired) electrons. The molecule has 328 valence electrons. The molecule has 1 amide bonds. The van der Waals surface area contributed by atoms with E-state index in [4.69, 9.17) is 32.2 Å². The quantitative estimate of drug-likeness (QED) is 0.121. The molecule has 0 spiro atoms. The summed E-state index contributed by atoms with van der Waals surface area (Å²) in [6.07, 6.45) is 14.5. The number of Topliss-reactive ketones (excluding diaryl/α,β-unsaturated/α-hetero) is 1. The van der Waals surface area contributed by atoms with E-state index in [1.165, 1.54) is 43.0 Å². The highest BCUT2D eigenvalue weighted by Gasteiger charge is 2.31.